The van der Waals surface area contributed by atoms with Crippen LogP contribution in [-0.4, -0.2) is 0 Å². The predicted octanol–water partition coefficient (Wildman–Crippen LogP) is 4.00. The van der Waals surface area contributed by atoms with Crippen molar-refractivity contribution in [3.05, 3.63) is 0 Å². The molecule has 0 rings (SSSR count). The van der Waals surface area contributed by atoms with E-state index < -0.39 is 0 Å². The number of nitrogens with zero attached hydrogens (tertiary/aromatic N) is 1. The minimum atomic E-state index is -0.160. The quantitative estimate of drug-likeness (QED) is 0.645. The third kappa shape index (κ3) is 3.81. The van der Waals surface area contributed by atoms with Gasteiger partial charge in [0.05, 0.1) is 11.5 Å². The van der Waals surface area contributed by atoms with Gasteiger partial charge >= 0.3 is 0 Å². The molecule has 0 spiro atoms. The molecule has 0 saturated carbocycles. The van der Waals surface area contributed by atoms with E-state index in [0.29, 0.717) is 5.92 Å². The highest BCUT2D eigenvalue weighted by atomic mass is 14.4. The van der Waals surface area contributed by atoms with Crippen molar-refractivity contribution in [3.63, 3.8) is 0 Å². The molecule has 1 heteroatoms. The summed E-state index contributed by atoms with van der Waals surface area (Å²) in [6.45, 7) is 13.0. The fraction of sp³-hybridized carbons (Fsp3) is 0.917. The Kier molecular flexibility index (Phi) is 3.97. The summed E-state index contributed by atoms with van der Waals surface area (Å²) in [4.78, 5) is 0. The Bertz CT molecular complexity index is 194. The molecule has 0 fully saturated rings. The zero-order valence-electron chi connectivity index (χ0n) is 9.94. The SMILES string of the molecule is CCC(C)C(C)(C#N)CC(C)(C)C. The number of hydrogen-bond donors (Lipinski definition) is 0. The van der Waals surface area contributed by atoms with Gasteiger partial charge in [-0.15, -0.1) is 0 Å². The van der Waals surface area contributed by atoms with Crippen LogP contribution in [0.1, 0.15) is 54.4 Å². The molecular formula is C12H23N. The van der Waals surface area contributed by atoms with Crippen LogP contribution in [0.2, 0.25) is 0 Å². The first-order chi connectivity index (χ1) is 5.75. The molecule has 0 aliphatic rings. The molecule has 0 aromatic carbocycles. The van der Waals surface area contributed by atoms with Crippen molar-refractivity contribution in [2.24, 2.45) is 16.7 Å². The van der Waals surface area contributed by atoms with Crippen LogP contribution < -0.4 is 0 Å². The van der Waals surface area contributed by atoms with Crippen LogP contribution in [0.4, 0.5) is 0 Å². The third-order valence-electron chi connectivity index (χ3n) is 2.85. The summed E-state index contributed by atoms with van der Waals surface area (Å²) in [6.07, 6.45) is 2.06. The third-order valence-corrected chi connectivity index (χ3v) is 2.85. The van der Waals surface area contributed by atoms with Crippen LogP contribution in [-0.2, 0) is 0 Å². The Morgan fingerprint density at radius 1 is 1.23 bits per heavy atom. The van der Waals surface area contributed by atoms with Crippen molar-refractivity contribution in [2.45, 2.75) is 54.4 Å². The Morgan fingerprint density at radius 3 is 1.92 bits per heavy atom. The second-order valence-corrected chi connectivity index (χ2v) is 5.58. The molecule has 0 aromatic heterocycles. The molecule has 0 N–H and O–H groups in total. The number of nitriles is 1. The van der Waals surface area contributed by atoms with Crippen molar-refractivity contribution in [1.29, 1.82) is 5.26 Å². The number of rotatable bonds is 3. The fourth-order valence-electron chi connectivity index (χ4n) is 1.88. The Labute approximate surface area is 83.1 Å². The zero-order valence-corrected chi connectivity index (χ0v) is 9.94. The predicted molar refractivity (Wildman–Crippen MR) is 57.2 cm³/mol. The molecule has 76 valence electrons. The highest BCUT2D eigenvalue weighted by molar-refractivity contribution is 5.00. The van der Waals surface area contributed by atoms with E-state index in [0.717, 1.165) is 12.8 Å². The summed E-state index contributed by atoms with van der Waals surface area (Å²) in [7, 11) is 0. The van der Waals surface area contributed by atoms with Gasteiger partial charge in [-0.05, 0) is 24.7 Å². The van der Waals surface area contributed by atoms with Crippen LogP contribution in [0, 0.1) is 28.1 Å². The number of hydrogen-bond acceptors (Lipinski definition) is 1. The van der Waals surface area contributed by atoms with E-state index >= 15 is 0 Å². The molecule has 2 unspecified atom stereocenters. The Hall–Kier alpha value is -0.510. The second kappa shape index (κ2) is 4.13. The minimum Gasteiger partial charge on any atom is -0.198 e. The molecule has 0 aliphatic carbocycles. The first kappa shape index (κ1) is 12.5. The van der Waals surface area contributed by atoms with Crippen molar-refractivity contribution in [3.8, 4) is 6.07 Å². The maximum absolute atomic E-state index is 9.20. The van der Waals surface area contributed by atoms with Gasteiger partial charge in [-0.1, -0.05) is 41.0 Å². The monoisotopic (exact) mass is 181 g/mol. The average Bonchev–Trinajstić information content (AvgIpc) is 1.99. The van der Waals surface area contributed by atoms with Crippen LogP contribution in [0.3, 0.4) is 0 Å². The van der Waals surface area contributed by atoms with Gasteiger partial charge in [0.15, 0.2) is 0 Å². The molecule has 0 heterocycles. The van der Waals surface area contributed by atoms with Crippen LogP contribution in [0.5, 0.6) is 0 Å². The largest absolute Gasteiger partial charge is 0.198 e. The van der Waals surface area contributed by atoms with Gasteiger partial charge in [-0.2, -0.15) is 5.26 Å². The van der Waals surface area contributed by atoms with Gasteiger partial charge in [-0.3, -0.25) is 0 Å². The Balaban J connectivity index is 4.58. The lowest BCUT2D eigenvalue weighted by atomic mass is 9.68. The first-order valence-electron chi connectivity index (χ1n) is 5.16. The van der Waals surface area contributed by atoms with E-state index in [4.69, 9.17) is 0 Å². The lowest BCUT2D eigenvalue weighted by Gasteiger charge is -2.34. The van der Waals surface area contributed by atoms with E-state index in [1.807, 2.05) is 0 Å². The Morgan fingerprint density at radius 2 is 1.69 bits per heavy atom. The highest BCUT2D eigenvalue weighted by Gasteiger charge is 2.34. The normalized spacial score (nSPS) is 18.8. The molecule has 0 amide bonds. The van der Waals surface area contributed by atoms with Crippen LogP contribution in [0.25, 0.3) is 0 Å². The maximum atomic E-state index is 9.20. The lowest BCUT2D eigenvalue weighted by Crippen LogP contribution is -2.28. The van der Waals surface area contributed by atoms with E-state index in [2.05, 4.69) is 47.6 Å². The summed E-state index contributed by atoms with van der Waals surface area (Å²) in [5.74, 6) is 0.483. The zero-order chi connectivity index (χ0) is 10.7. The summed E-state index contributed by atoms with van der Waals surface area (Å²) in [5, 5.41) is 9.20. The van der Waals surface area contributed by atoms with E-state index in [1.54, 1.807) is 0 Å². The maximum Gasteiger partial charge on any atom is 0.0689 e. The molecule has 0 radical (unpaired) electrons. The van der Waals surface area contributed by atoms with Gasteiger partial charge in [0.1, 0.15) is 0 Å². The lowest BCUT2D eigenvalue weighted by molar-refractivity contribution is 0.177. The molecule has 2 atom stereocenters. The second-order valence-electron chi connectivity index (χ2n) is 5.58. The topological polar surface area (TPSA) is 23.8 Å². The summed E-state index contributed by atoms with van der Waals surface area (Å²) < 4.78 is 0. The van der Waals surface area contributed by atoms with Gasteiger partial charge in [0.25, 0.3) is 0 Å². The molecule has 13 heavy (non-hydrogen) atoms. The van der Waals surface area contributed by atoms with Crippen LogP contribution >= 0.6 is 0 Å². The molecular weight excluding hydrogens is 158 g/mol. The van der Waals surface area contributed by atoms with Crippen molar-refractivity contribution < 1.29 is 0 Å². The summed E-state index contributed by atoms with van der Waals surface area (Å²) in [5.41, 5.74) is 0.0842. The average molecular weight is 181 g/mol. The highest BCUT2D eigenvalue weighted by Crippen LogP contribution is 2.39. The molecule has 0 saturated heterocycles. The fourth-order valence-corrected chi connectivity index (χ4v) is 1.88. The van der Waals surface area contributed by atoms with Crippen molar-refractivity contribution in [2.75, 3.05) is 0 Å². The minimum absolute atomic E-state index is 0.160. The van der Waals surface area contributed by atoms with E-state index in [-0.39, 0.29) is 10.8 Å². The van der Waals surface area contributed by atoms with Crippen molar-refractivity contribution >= 4 is 0 Å². The summed E-state index contributed by atoms with van der Waals surface area (Å²) in [6, 6.07) is 2.49. The smallest absolute Gasteiger partial charge is 0.0689 e. The van der Waals surface area contributed by atoms with Gasteiger partial charge in [0, 0.05) is 0 Å². The standard InChI is InChI=1S/C12H23N/c1-7-10(2)12(6,9-13)8-11(3,4)5/h10H,7-8H2,1-6H3. The molecule has 0 bridgehead atoms. The van der Waals surface area contributed by atoms with Gasteiger partial charge < -0.3 is 0 Å². The van der Waals surface area contributed by atoms with E-state index in [9.17, 15) is 5.26 Å². The van der Waals surface area contributed by atoms with E-state index in [1.165, 1.54) is 0 Å². The van der Waals surface area contributed by atoms with Crippen LogP contribution in [0.15, 0.2) is 0 Å². The first-order valence-corrected chi connectivity index (χ1v) is 5.16. The van der Waals surface area contributed by atoms with Gasteiger partial charge in [0.2, 0.25) is 0 Å². The molecule has 0 aromatic rings. The van der Waals surface area contributed by atoms with Gasteiger partial charge in [-0.25, -0.2) is 0 Å². The summed E-state index contributed by atoms with van der Waals surface area (Å²) >= 11 is 0. The molecule has 0 aliphatic heterocycles. The molecule has 1 nitrogen and oxygen atoms in total. The van der Waals surface area contributed by atoms with Crippen molar-refractivity contribution in [1.82, 2.24) is 0 Å².